The van der Waals surface area contributed by atoms with Gasteiger partial charge in [0.1, 0.15) is 0 Å². The zero-order valence-electron chi connectivity index (χ0n) is 10.4. The van der Waals surface area contributed by atoms with Crippen LogP contribution >= 0.6 is 15.9 Å². The Morgan fingerprint density at radius 2 is 1.94 bits per heavy atom. The van der Waals surface area contributed by atoms with E-state index in [0.717, 1.165) is 16.5 Å². The second-order valence-corrected chi connectivity index (χ2v) is 5.61. The van der Waals surface area contributed by atoms with Crippen LogP contribution in [0.5, 0.6) is 0 Å². The molecule has 0 spiro atoms. The summed E-state index contributed by atoms with van der Waals surface area (Å²) < 4.78 is 6.23. The third-order valence-corrected chi connectivity index (χ3v) is 3.12. The van der Waals surface area contributed by atoms with Crippen LogP contribution in [0.3, 0.4) is 0 Å². The Balaban J connectivity index is 2.17. The topological polar surface area (TPSA) is 64.9 Å². The van der Waals surface area contributed by atoms with Gasteiger partial charge in [-0.15, -0.1) is 0 Å². The fraction of sp³-hybridized carbons (Fsp3) is 0.385. The average Bonchev–Trinajstić information content (AvgIpc) is 2.78. The number of nitrogens with two attached hydrogens (primary N) is 1. The minimum atomic E-state index is -0.193. The Bertz CT molecular complexity index is 507. The summed E-state index contributed by atoms with van der Waals surface area (Å²) in [6, 6.07) is 7.57. The Morgan fingerprint density at radius 1 is 1.28 bits per heavy atom. The first-order chi connectivity index (χ1) is 8.56. The van der Waals surface area contributed by atoms with Crippen LogP contribution in [0, 0.1) is 5.92 Å². The van der Waals surface area contributed by atoms with Crippen molar-refractivity contribution in [2.75, 3.05) is 0 Å². The van der Waals surface area contributed by atoms with Gasteiger partial charge in [-0.3, -0.25) is 0 Å². The van der Waals surface area contributed by atoms with Crippen LogP contribution in [-0.2, 0) is 0 Å². The van der Waals surface area contributed by atoms with E-state index in [4.69, 9.17) is 10.3 Å². The van der Waals surface area contributed by atoms with E-state index in [0.29, 0.717) is 17.6 Å². The quantitative estimate of drug-likeness (QED) is 0.938. The fourth-order valence-corrected chi connectivity index (χ4v) is 1.98. The van der Waals surface area contributed by atoms with Crippen molar-refractivity contribution < 1.29 is 4.52 Å². The minimum absolute atomic E-state index is 0.193. The summed E-state index contributed by atoms with van der Waals surface area (Å²) in [5.74, 6) is 1.58. The van der Waals surface area contributed by atoms with Crippen LogP contribution in [0.25, 0.3) is 11.4 Å². The molecule has 18 heavy (non-hydrogen) atoms. The van der Waals surface area contributed by atoms with Gasteiger partial charge in [-0.05, 0) is 36.6 Å². The largest absolute Gasteiger partial charge is 0.337 e. The number of nitrogens with zero attached hydrogens (tertiary/aromatic N) is 2. The van der Waals surface area contributed by atoms with E-state index in [1.165, 1.54) is 0 Å². The Hall–Kier alpha value is -1.20. The Kier molecular flexibility index (Phi) is 4.14. The maximum atomic E-state index is 6.01. The van der Waals surface area contributed by atoms with E-state index in [2.05, 4.69) is 39.9 Å². The van der Waals surface area contributed by atoms with Gasteiger partial charge in [0.15, 0.2) is 0 Å². The molecule has 96 valence electrons. The van der Waals surface area contributed by atoms with E-state index >= 15 is 0 Å². The second kappa shape index (κ2) is 5.63. The standard InChI is InChI=1S/C13H16BrN3O/c1-8(2)7-11(15)13-16-12(17-18-13)9-3-5-10(14)6-4-9/h3-6,8,11H,7,15H2,1-2H3. The highest BCUT2D eigenvalue weighted by atomic mass is 79.9. The zero-order chi connectivity index (χ0) is 13.1. The van der Waals surface area contributed by atoms with Crippen molar-refractivity contribution in [2.45, 2.75) is 26.3 Å². The van der Waals surface area contributed by atoms with Crippen LogP contribution in [-0.4, -0.2) is 10.1 Å². The van der Waals surface area contributed by atoms with Crippen molar-refractivity contribution in [3.63, 3.8) is 0 Å². The predicted molar refractivity (Wildman–Crippen MR) is 73.8 cm³/mol. The zero-order valence-corrected chi connectivity index (χ0v) is 12.0. The van der Waals surface area contributed by atoms with E-state index in [1.54, 1.807) is 0 Å². The molecule has 0 bridgehead atoms. The maximum Gasteiger partial charge on any atom is 0.243 e. The number of hydrogen-bond acceptors (Lipinski definition) is 4. The summed E-state index contributed by atoms with van der Waals surface area (Å²) in [6.07, 6.45) is 0.835. The molecule has 0 radical (unpaired) electrons. The minimum Gasteiger partial charge on any atom is -0.337 e. The van der Waals surface area contributed by atoms with Crippen molar-refractivity contribution in [3.05, 3.63) is 34.6 Å². The van der Waals surface area contributed by atoms with Crippen LogP contribution in [0.1, 0.15) is 32.2 Å². The smallest absolute Gasteiger partial charge is 0.243 e. The third-order valence-electron chi connectivity index (χ3n) is 2.59. The number of rotatable bonds is 4. The lowest BCUT2D eigenvalue weighted by Crippen LogP contribution is -2.13. The molecule has 4 nitrogen and oxygen atoms in total. The lowest BCUT2D eigenvalue weighted by Gasteiger charge is -2.08. The van der Waals surface area contributed by atoms with Crippen LogP contribution < -0.4 is 5.73 Å². The summed E-state index contributed by atoms with van der Waals surface area (Å²) in [5.41, 5.74) is 6.93. The molecule has 1 atom stereocenters. The molecule has 0 saturated carbocycles. The Labute approximate surface area is 115 Å². The monoisotopic (exact) mass is 309 g/mol. The highest BCUT2D eigenvalue weighted by molar-refractivity contribution is 9.10. The predicted octanol–water partition coefficient (Wildman–Crippen LogP) is 3.55. The molecular weight excluding hydrogens is 294 g/mol. The molecule has 1 unspecified atom stereocenters. The first-order valence-electron chi connectivity index (χ1n) is 5.91. The summed E-state index contributed by atoms with van der Waals surface area (Å²) in [7, 11) is 0. The van der Waals surface area contributed by atoms with Gasteiger partial charge in [0.2, 0.25) is 11.7 Å². The van der Waals surface area contributed by atoms with Gasteiger partial charge in [-0.2, -0.15) is 4.98 Å². The van der Waals surface area contributed by atoms with Gasteiger partial charge in [0.25, 0.3) is 0 Å². The molecule has 2 N–H and O–H groups in total. The van der Waals surface area contributed by atoms with Gasteiger partial charge in [0.05, 0.1) is 6.04 Å². The molecule has 0 aliphatic rings. The molecule has 1 aromatic heterocycles. The fourth-order valence-electron chi connectivity index (χ4n) is 1.71. The molecule has 1 aromatic carbocycles. The Morgan fingerprint density at radius 3 is 2.56 bits per heavy atom. The highest BCUT2D eigenvalue weighted by Crippen LogP contribution is 2.22. The van der Waals surface area contributed by atoms with Gasteiger partial charge in [-0.25, -0.2) is 0 Å². The summed E-state index contributed by atoms with van der Waals surface area (Å²) in [4.78, 5) is 4.35. The maximum absolute atomic E-state index is 6.01. The van der Waals surface area contributed by atoms with Crippen LogP contribution in [0.15, 0.2) is 33.3 Å². The van der Waals surface area contributed by atoms with E-state index in [-0.39, 0.29) is 6.04 Å². The second-order valence-electron chi connectivity index (χ2n) is 4.70. The number of benzene rings is 1. The van der Waals surface area contributed by atoms with Gasteiger partial charge in [0, 0.05) is 10.0 Å². The molecule has 0 aliphatic carbocycles. The van der Waals surface area contributed by atoms with E-state index in [9.17, 15) is 0 Å². The van der Waals surface area contributed by atoms with Crippen molar-refractivity contribution in [2.24, 2.45) is 11.7 Å². The third kappa shape index (κ3) is 3.17. The lowest BCUT2D eigenvalue weighted by molar-refractivity contribution is 0.335. The van der Waals surface area contributed by atoms with E-state index in [1.807, 2.05) is 24.3 Å². The van der Waals surface area contributed by atoms with Crippen LogP contribution in [0.2, 0.25) is 0 Å². The normalized spacial score (nSPS) is 12.9. The summed E-state index contributed by atoms with van der Waals surface area (Å²) in [6.45, 7) is 4.23. The van der Waals surface area contributed by atoms with Crippen molar-refractivity contribution in [1.82, 2.24) is 10.1 Å². The molecule has 0 fully saturated rings. The van der Waals surface area contributed by atoms with Crippen molar-refractivity contribution in [3.8, 4) is 11.4 Å². The SMILES string of the molecule is CC(C)CC(N)c1nc(-c2ccc(Br)cc2)no1. The molecule has 2 aromatic rings. The highest BCUT2D eigenvalue weighted by Gasteiger charge is 2.16. The number of halogens is 1. The molecular formula is C13H16BrN3O. The number of hydrogen-bond donors (Lipinski definition) is 1. The first kappa shape index (κ1) is 13.2. The summed E-state index contributed by atoms with van der Waals surface area (Å²) >= 11 is 3.39. The lowest BCUT2D eigenvalue weighted by atomic mass is 10.0. The van der Waals surface area contributed by atoms with Gasteiger partial charge in [-0.1, -0.05) is 34.9 Å². The first-order valence-corrected chi connectivity index (χ1v) is 6.70. The molecule has 0 saturated heterocycles. The summed E-state index contributed by atoms with van der Waals surface area (Å²) in [5, 5.41) is 3.96. The van der Waals surface area contributed by atoms with Crippen LogP contribution in [0.4, 0.5) is 0 Å². The number of aromatic nitrogens is 2. The molecule has 0 aliphatic heterocycles. The molecule has 2 rings (SSSR count). The van der Waals surface area contributed by atoms with Gasteiger partial charge < -0.3 is 10.3 Å². The average molecular weight is 310 g/mol. The molecule has 5 heteroatoms. The molecule has 1 heterocycles. The van der Waals surface area contributed by atoms with E-state index < -0.39 is 0 Å². The van der Waals surface area contributed by atoms with Crippen molar-refractivity contribution >= 4 is 15.9 Å². The van der Waals surface area contributed by atoms with Crippen molar-refractivity contribution in [1.29, 1.82) is 0 Å². The van der Waals surface area contributed by atoms with Gasteiger partial charge >= 0.3 is 0 Å². The molecule has 0 amide bonds.